The van der Waals surface area contributed by atoms with Crippen molar-refractivity contribution in [3.63, 3.8) is 0 Å². The van der Waals surface area contributed by atoms with Crippen LogP contribution in [-0.2, 0) is 10.2 Å². The molecule has 1 N–H and O–H groups in total. The minimum absolute atomic E-state index is 0.420. The molecule has 0 heterocycles. The zero-order chi connectivity index (χ0) is 21.8. The lowest BCUT2D eigenvalue weighted by Crippen LogP contribution is -2.34. The van der Waals surface area contributed by atoms with Crippen molar-refractivity contribution in [2.45, 2.75) is 40.0 Å². The lowest BCUT2D eigenvalue weighted by molar-refractivity contribution is -0.141. The minimum atomic E-state index is -1.36. The average Bonchev–Trinajstić information content (AvgIpc) is 2.69. The van der Waals surface area contributed by atoms with Crippen molar-refractivity contribution in [3.8, 4) is 0 Å². The van der Waals surface area contributed by atoms with Crippen LogP contribution in [0.5, 0.6) is 0 Å². The number of hydrogen-bond acceptors (Lipinski definition) is 3. The molecule has 0 fully saturated rings. The standard InChI is InChI=1S/C23H30Cl2N2O2/c1-6-26(7-2)16-10-12-18(20(24)14-16)23(5,22(28)29)19-13-11-17(15-21(19)25)27(8-3)9-4/h10-15H,6-9H2,1-5H3,(H,28,29). The second-order valence-corrected chi connectivity index (χ2v) is 7.92. The van der Waals surface area contributed by atoms with E-state index in [9.17, 15) is 9.90 Å². The Morgan fingerprint density at radius 3 is 1.41 bits per heavy atom. The van der Waals surface area contributed by atoms with Gasteiger partial charge in [0.2, 0.25) is 0 Å². The van der Waals surface area contributed by atoms with Crippen molar-refractivity contribution in [2.24, 2.45) is 0 Å². The van der Waals surface area contributed by atoms with Crippen LogP contribution in [0.3, 0.4) is 0 Å². The maximum atomic E-state index is 12.5. The number of nitrogens with zero attached hydrogens (tertiary/aromatic N) is 2. The molecule has 0 aliphatic carbocycles. The van der Waals surface area contributed by atoms with Gasteiger partial charge in [-0.05, 0) is 70.0 Å². The van der Waals surface area contributed by atoms with Gasteiger partial charge in [-0.1, -0.05) is 35.3 Å². The van der Waals surface area contributed by atoms with Crippen LogP contribution in [0.4, 0.5) is 11.4 Å². The van der Waals surface area contributed by atoms with Crippen LogP contribution in [0, 0.1) is 0 Å². The van der Waals surface area contributed by atoms with E-state index in [2.05, 4.69) is 37.5 Å². The number of halogens is 2. The molecule has 29 heavy (non-hydrogen) atoms. The monoisotopic (exact) mass is 436 g/mol. The second kappa shape index (κ2) is 9.73. The summed E-state index contributed by atoms with van der Waals surface area (Å²) < 4.78 is 0. The average molecular weight is 437 g/mol. The molecular weight excluding hydrogens is 407 g/mol. The second-order valence-electron chi connectivity index (χ2n) is 7.10. The number of carboxylic acid groups (broad SMARTS) is 1. The van der Waals surface area contributed by atoms with Crippen molar-refractivity contribution in [1.82, 2.24) is 0 Å². The molecule has 0 unspecified atom stereocenters. The van der Waals surface area contributed by atoms with Gasteiger partial charge in [-0.2, -0.15) is 0 Å². The van der Waals surface area contributed by atoms with E-state index in [1.165, 1.54) is 0 Å². The largest absolute Gasteiger partial charge is 0.480 e. The highest BCUT2D eigenvalue weighted by Gasteiger charge is 2.40. The summed E-state index contributed by atoms with van der Waals surface area (Å²) in [5.41, 5.74) is 1.64. The maximum Gasteiger partial charge on any atom is 0.318 e. The Kier molecular flexibility index (Phi) is 7.84. The normalized spacial score (nSPS) is 11.4. The molecule has 0 aromatic heterocycles. The molecule has 0 saturated carbocycles. The van der Waals surface area contributed by atoms with Gasteiger partial charge in [0, 0.05) is 47.6 Å². The Labute approximate surface area is 184 Å². The van der Waals surface area contributed by atoms with Gasteiger partial charge < -0.3 is 14.9 Å². The third-order valence-corrected chi connectivity index (χ3v) is 6.29. The van der Waals surface area contributed by atoms with E-state index in [1.54, 1.807) is 19.1 Å². The molecule has 0 aliphatic heterocycles. The van der Waals surface area contributed by atoms with E-state index < -0.39 is 11.4 Å². The number of carboxylic acids is 1. The molecule has 2 aromatic carbocycles. The summed E-state index contributed by atoms with van der Waals surface area (Å²) in [6.45, 7) is 13.3. The summed E-state index contributed by atoms with van der Waals surface area (Å²) in [6, 6.07) is 11.1. The number of anilines is 2. The van der Waals surface area contributed by atoms with E-state index in [0.717, 1.165) is 37.6 Å². The topological polar surface area (TPSA) is 43.8 Å². The molecule has 2 rings (SSSR count). The van der Waals surface area contributed by atoms with Crippen LogP contribution in [0.15, 0.2) is 36.4 Å². The van der Waals surface area contributed by atoms with E-state index >= 15 is 0 Å². The molecular formula is C23H30Cl2N2O2. The summed E-state index contributed by atoms with van der Waals surface area (Å²) in [7, 11) is 0. The first kappa shape index (κ1) is 23.4. The number of carbonyl (C=O) groups is 1. The molecule has 0 saturated heterocycles. The Morgan fingerprint density at radius 2 is 1.17 bits per heavy atom. The predicted octanol–water partition coefficient (Wildman–Crippen LogP) is 6.08. The molecule has 0 spiro atoms. The number of benzene rings is 2. The van der Waals surface area contributed by atoms with Crippen LogP contribution in [-0.4, -0.2) is 37.3 Å². The SMILES string of the molecule is CCN(CC)c1ccc(C(C)(C(=O)O)c2ccc(N(CC)CC)cc2Cl)c(Cl)c1. The molecule has 0 bridgehead atoms. The van der Waals surface area contributed by atoms with Crippen molar-refractivity contribution in [2.75, 3.05) is 36.0 Å². The van der Waals surface area contributed by atoms with Crippen LogP contribution < -0.4 is 9.80 Å². The lowest BCUT2D eigenvalue weighted by atomic mass is 9.76. The number of rotatable bonds is 9. The quantitative estimate of drug-likeness (QED) is 0.517. The van der Waals surface area contributed by atoms with Gasteiger partial charge in [-0.15, -0.1) is 0 Å². The van der Waals surface area contributed by atoms with Crippen LogP contribution in [0.1, 0.15) is 45.7 Å². The highest BCUT2D eigenvalue weighted by Crippen LogP contribution is 2.42. The highest BCUT2D eigenvalue weighted by molar-refractivity contribution is 6.33. The zero-order valence-electron chi connectivity index (χ0n) is 17.8. The number of aliphatic carboxylic acids is 1. The van der Waals surface area contributed by atoms with Crippen molar-refractivity contribution in [3.05, 3.63) is 57.6 Å². The summed E-state index contributed by atoms with van der Waals surface area (Å²) in [5.74, 6) is -0.993. The summed E-state index contributed by atoms with van der Waals surface area (Å²) in [5, 5.41) is 11.0. The van der Waals surface area contributed by atoms with Gasteiger partial charge in [0.05, 0.1) is 0 Å². The van der Waals surface area contributed by atoms with Crippen molar-refractivity contribution >= 4 is 40.5 Å². The first-order valence-electron chi connectivity index (χ1n) is 10.1. The van der Waals surface area contributed by atoms with Gasteiger partial charge in [0.25, 0.3) is 0 Å². The van der Waals surface area contributed by atoms with Crippen LogP contribution in [0.25, 0.3) is 0 Å². The Morgan fingerprint density at radius 1 is 0.828 bits per heavy atom. The maximum absolute atomic E-state index is 12.5. The van der Waals surface area contributed by atoms with Gasteiger partial charge in [0.1, 0.15) is 5.41 Å². The molecule has 158 valence electrons. The fourth-order valence-electron chi connectivity index (χ4n) is 3.77. The fourth-order valence-corrected chi connectivity index (χ4v) is 4.49. The molecule has 0 aliphatic rings. The van der Waals surface area contributed by atoms with Gasteiger partial charge in [-0.3, -0.25) is 4.79 Å². The third-order valence-electron chi connectivity index (χ3n) is 5.67. The predicted molar refractivity (Wildman–Crippen MR) is 124 cm³/mol. The Balaban J connectivity index is 2.59. The molecule has 0 atom stereocenters. The van der Waals surface area contributed by atoms with Crippen molar-refractivity contribution < 1.29 is 9.90 Å². The first-order valence-corrected chi connectivity index (χ1v) is 10.8. The van der Waals surface area contributed by atoms with Gasteiger partial charge in [-0.25, -0.2) is 0 Å². The highest BCUT2D eigenvalue weighted by atomic mass is 35.5. The summed E-state index contributed by atoms with van der Waals surface area (Å²) in [6.07, 6.45) is 0. The molecule has 6 heteroatoms. The van der Waals surface area contributed by atoms with E-state index in [4.69, 9.17) is 23.2 Å². The van der Waals surface area contributed by atoms with E-state index in [1.807, 2.05) is 24.3 Å². The van der Waals surface area contributed by atoms with Gasteiger partial charge >= 0.3 is 5.97 Å². The molecule has 2 aromatic rings. The molecule has 0 amide bonds. The zero-order valence-corrected chi connectivity index (χ0v) is 19.3. The Bertz CT molecular complexity index is 800. The number of hydrogen-bond donors (Lipinski definition) is 1. The summed E-state index contributed by atoms with van der Waals surface area (Å²) in [4.78, 5) is 16.8. The van der Waals surface area contributed by atoms with Crippen LogP contribution >= 0.6 is 23.2 Å². The van der Waals surface area contributed by atoms with Crippen molar-refractivity contribution in [1.29, 1.82) is 0 Å². The molecule has 4 nitrogen and oxygen atoms in total. The Hall–Kier alpha value is -1.91. The third kappa shape index (κ3) is 4.49. The van der Waals surface area contributed by atoms with Crippen LogP contribution in [0.2, 0.25) is 10.0 Å². The van der Waals surface area contributed by atoms with E-state index in [0.29, 0.717) is 21.2 Å². The summed E-state index contributed by atoms with van der Waals surface area (Å²) >= 11 is 13.2. The smallest absolute Gasteiger partial charge is 0.318 e. The van der Waals surface area contributed by atoms with Gasteiger partial charge in [0.15, 0.2) is 0 Å². The lowest BCUT2D eigenvalue weighted by Gasteiger charge is -2.30. The fraction of sp³-hybridized carbons (Fsp3) is 0.435. The van der Waals surface area contributed by atoms with E-state index in [-0.39, 0.29) is 0 Å². The minimum Gasteiger partial charge on any atom is -0.480 e. The molecule has 0 radical (unpaired) electrons. The first-order chi connectivity index (χ1) is 13.7.